The number of aromatic nitrogens is 2. The normalized spacial score (nSPS) is 9.27. The van der Waals surface area contributed by atoms with E-state index in [4.69, 9.17) is 5.84 Å². The van der Waals surface area contributed by atoms with Gasteiger partial charge in [0.1, 0.15) is 18.0 Å². The van der Waals surface area contributed by atoms with Crippen LogP contribution in [0.25, 0.3) is 0 Å². The van der Waals surface area contributed by atoms with E-state index in [1.54, 1.807) is 6.07 Å². The van der Waals surface area contributed by atoms with Crippen molar-refractivity contribution in [3.8, 4) is 0 Å². The zero-order chi connectivity index (χ0) is 8.27. The molecular weight excluding hydrogens is 141 g/mol. The quantitative estimate of drug-likeness (QED) is 0.314. The van der Waals surface area contributed by atoms with Crippen molar-refractivity contribution < 1.29 is 0 Å². The second-order valence-electron chi connectivity index (χ2n) is 2.30. The fourth-order valence-electron chi connectivity index (χ4n) is 0.671. The third kappa shape index (κ3) is 1.81. The van der Waals surface area contributed by atoms with Gasteiger partial charge in [-0.15, -0.1) is 0 Å². The molecule has 0 fully saturated rings. The summed E-state index contributed by atoms with van der Waals surface area (Å²) >= 11 is 0. The summed E-state index contributed by atoms with van der Waals surface area (Å²) in [6, 6.07) is 1.76. The van der Waals surface area contributed by atoms with E-state index in [9.17, 15) is 0 Å². The van der Waals surface area contributed by atoms with Crippen molar-refractivity contribution in [3.63, 3.8) is 0 Å². The monoisotopic (exact) mass is 151 g/mol. The minimum absolute atomic E-state index is 0.615. The number of nitrogens with two attached hydrogens (primary N) is 1. The van der Waals surface area contributed by atoms with Crippen molar-refractivity contribution in [1.82, 2.24) is 9.97 Å². The summed E-state index contributed by atoms with van der Waals surface area (Å²) < 4.78 is 0. The molecule has 0 amide bonds. The number of rotatable bonds is 2. The summed E-state index contributed by atoms with van der Waals surface area (Å²) in [6.45, 7) is 0. The molecular formula is C5H10BN5. The van der Waals surface area contributed by atoms with E-state index in [0.29, 0.717) is 5.82 Å². The first kappa shape index (κ1) is 7.81. The average Bonchev–Trinajstić information content (AvgIpc) is 2.05. The largest absolute Gasteiger partial charge is 0.410 e. The van der Waals surface area contributed by atoms with Gasteiger partial charge in [0, 0.05) is 6.07 Å². The molecule has 3 N–H and O–H groups in total. The molecule has 11 heavy (non-hydrogen) atoms. The predicted octanol–water partition coefficient (Wildman–Crippen LogP) is -1.25. The van der Waals surface area contributed by atoms with Crippen LogP contribution in [0.15, 0.2) is 12.4 Å². The van der Waals surface area contributed by atoms with Gasteiger partial charge in [0.2, 0.25) is 7.98 Å². The molecule has 0 aliphatic heterocycles. The molecule has 0 aromatic carbocycles. The first-order chi connectivity index (χ1) is 5.24. The van der Waals surface area contributed by atoms with E-state index in [-0.39, 0.29) is 0 Å². The van der Waals surface area contributed by atoms with Crippen LogP contribution < -0.4 is 16.1 Å². The fourth-order valence-corrected chi connectivity index (χ4v) is 0.671. The van der Waals surface area contributed by atoms with Crippen molar-refractivity contribution in [1.29, 1.82) is 0 Å². The number of hydrogen-bond acceptors (Lipinski definition) is 5. The second-order valence-corrected chi connectivity index (χ2v) is 2.30. The van der Waals surface area contributed by atoms with Gasteiger partial charge in [-0.25, -0.2) is 15.8 Å². The van der Waals surface area contributed by atoms with Gasteiger partial charge in [-0.3, -0.25) is 0 Å². The Balaban J connectivity index is 2.91. The number of hydrogen-bond donors (Lipinski definition) is 2. The van der Waals surface area contributed by atoms with Crippen LogP contribution in [0.1, 0.15) is 0 Å². The topological polar surface area (TPSA) is 67.1 Å². The molecule has 5 nitrogen and oxygen atoms in total. The number of nitrogen functional groups attached to an aromatic ring is 1. The van der Waals surface area contributed by atoms with Gasteiger partial charge < -0.3 is 10.2 Å². The summed E-state index contributed by atoms with van der Waals surface area (Å²) in [5.74, 6) is 6.60. The lowest BCUT2D eigenvalue weighted by atomic mass is 10.3. The van der Waals surface area contributed by atoms with Gasteiger partial charge in [0.25, 0.3) is 0 Å². The van der Waals surface area contributed by atoms with Crippen molar-refractivity contribution in [2.24, 2.45) is 5.84 Å². The summed E-state index contributed by atoms with van der Waals surface area (Å²) in [7, 11) is 3.81. The van der Waals surface area contributed by atoms with Gasteiger partial charge in [0.05, 0.1) is 0 Å². The Morgan fingerprint density at radius 2 is 2.36 bits per heavy atom. The van der Waals surface area contributed by atoms with Crippen LogP contribution in [0.5, 0.6) is 0 Å². The molecule has 0 aliphatic rings. The molecule has 0 unspecified atom stereocenters. The van der Waals surface area contributed by atoms with E-state index in [1.807, 2.05) is 19.8 Å². The Labute approximate surface area is 66.0 Å². The highest BCUT2D eigenvalue weighted by Crippen LogP contribution is 2.08. The Hall–Kier alpha value is -1.30. The average molecular weight is 151 g/mol. The molecule has 0 bridgehead atoms. The maximum absolute atomic E-state index is 5.16. The van der Waals surface area contributed by atoms with E-state index in [1.165, 1.54) is 6.33 Å². The molecule has 1 aromatic rings. The van der Waals surface area contributed by atoms with E-state index in [0.717, 1.165) is 5.82 Å². The summed E-state index contributed by atoms with van der Waals surface area (Å²) in [6.07, 6.45) is 1.46. The van der Waals surface area contributed by atoms with Gasteiger partial charge in [0.15, 0.2) is 0 Å². The van der Waals surface area contributed by atoms with Crippen molar-refractivity contribution in [2.75, 3.05) is 17.3 Å². The van der Waals surface area contributed by atoms with Crippen LogP contribution in [0.3, 0.4) is 0 Å². The third-order valence-corrected chi connectivity index (χ3v) is 1.26. The summed E-state index contributed by atoms with van der Waals surface area (Å²) in [5, 5.41) is 0. The molecule has 0 aliphatic carbocycles. The molecule has 1 heterocycles. The molecule has 0 spiro atoms. The van der Waals surface area contributed by atoms with Gasteiger partial charge >= 0.3 is 0 Å². The second kappa shape index (κ2) is 3.20. The first-order valence-electron chi connectivity index (χ1n) is 3.20. The van der Waals surface area contributed by atoms with Crippen LogP contribution >= 0.6 is 0 Å². The van der Waals surface area contributed by atoms with Crippen LogP contribution in [0, 0.1) is 0 Å². The molecule has 0 atom stereocenters. The third-order valence-electron chi connectivity index (χ3n) is 1.26. The summed E-state index contributed by atoms with van der Waals surface area (Å²) in [4.78, 5) is 9.75. The van der Waals surface area contributed by atoms with Crippen molar-refractivity contribution in [2.45, 2.75) is 0 Å². The maximum Gasteiger partial charge on any atom is 0.219 e. The van der Waals surface area contributed by atoms with Gasteiger partial charge in [-0.05, 0) is 7.05 Å². The van der Waals surface area contributed by atoms with Crippen LogP contribution in [0.2, 0.25) is 0 Å². The Bertz CT molecular complexity index is 238. The zero-order valence-corrected chi connectivity index (χ0v) is 6.57. The Kier molecular flexibility index (Phi) is 2.27. The van der Waals surface area contributed by atoms with Crippen LogP contribution in [-0.4, -0.2) is 25.0 Å². The first-order valence-corrected chi connectivity index (χ1v) is 3.20. The standard InChI is InChI=1S/C5H10BN5/c1-11(6)5-2-4(10-7)8-3-9-5/h2-3H,6-7H2,1H3,(H,8,9,10). The van der Waals surface area contributed by atoms with E-state index in [2.05, 4.69) is 15.4 Å². The SMILES string of the molecule is BN(C)c1cc(NN)ncn1. The van der Waals surface area contributed by atoms with Crippen LogP contribution in [-0.2, 0) is 0 Å². The lowest BCUT2D eigenvalue weighted by molar-refractivity contribution is 1.10. The highest BCUT2D eigenvalue weighted by atomic mass is 15.3. The van der Waals surface area contributed by atoms with E-state index >= 15 is 0 Å². The zero-order valence-electron chi connectivity index (χ0n) is 6.57. The van der Waals surface area contributed by atoms with Crippen LogP contribution in [0.4, 0.5) is 11.6 Å². The lowest BCUT2D eigenvalue weighted by Crippen LogP contribution is -2.15. The molecule has 6 heteroatoms. The van der Waals surface area contributed by atoms with Gasteiger partial charge in [-0.2, -0.15) is 0 Å². The Morgan fingerprint density at radius 1 is 1.64 bits per heavy atom. The predicted molar refractivity (Wildman–Crippen MR) is 46.8 cm³/mol. The van der Waals surface area contributed by atoms with E-state index < -0.39 is 0 Å². The number of nitrogens with one attached hydrogen (secondary N) is 1. The minimum Gasteiger partial charge on any atom is -0.410 e. The highest BCUT2D eigenvalue weighted by Gasteiger charge is 1.96. The highest BCUT2D eigenvalue weighted by molar-refractivity contribution is 6.17. The maximum atomic E-state index is 5.16. The fraction of sp³-hybridized carbons (Fsp3) is 0.200. The molecule has 0 saturated heterocycles. The van der Waals surface area contributed by atoms with Crippen molar-refractivity contribution in [3.05, 3.63) is 12.4 Å². The molecule has 58 valence electrons. The number of nitrogens with zero attached hydrogens (tertiary/aromatic N) is 3. The van der Waals surface area contributed by atoms with Crippen molar-refractivity contribution >= 4 is 19.6 Å². The lowest BCUT2D eigenvalue weighted by Gasteiger charge is -2.11. The smallest absolute Gasteiger partial charge is 0.219 e. The molecule has 1 aromatic heterocycles. The summed E-state index contributed by atoms with van der Waals surface area (Å²) in [5.41, 5.74) is 2.44. The Morgan fingerprint density at radius 3 is 2.91 bits per heavy atom. The number of hydrazine groups is 1. The molecule has 0 radical (unpaired) electrons. The minimum atomic E-state index is 0.615. The van der Waals surface area contributed by atoms with Gasteiger partial charge in [-0.1, -0.05) is 0 Å². The number of anilines is 2. The molecule has 1 rings (SSSR count). The molecule has 0 saturated carbocycles.